The van der Waals surface area contributed by atoms with Crippen LogP contribution in [0.15, 0.2) is 30.3 Å². The van der Waals surface area contributed by atoms with Gasteiger partial charge >= 0.3 is 0 Å². The monoisotopic (exact) mass is 364 g/mol. The van der Waals surface area contributed by atoms with Crippen molar-refractivity contribution in [2.24, 2.45) is 0 Å². The summed E-state index contributed by atoms with van der Waals surface area (Å²) in [6.45, 7) is 4.43. The minimum absolute atomic E-state index is 0.613. The highest BCUT2D eigenvalue weighted by Gasteiger charge is 2.00. The smallest absolute Gasteiger partial charge is 0.0225 e. The van der Waals surface area contributed by atoms with Crippen molar-refractivity contribution in [3.05, 3.63) is 41.5 Å². The van der Waals surface area contributed by atoms with E-state index in [0.29, 0.717) is 5.92 Å². The van der Waals surface area contributed by atoms with Crippen molar-refractivity contribution in [2.75, 3.05) is 5.33 Å². The van der Waals surface area contributed by atoms with E-state index in [1.807, 2.05) is 0 Å². The van der Waals surface area contributed by atoms with E-state index in [9.17, 15) is 0 Å². The first-order chi connectivity index (χ1) is 6.65. The molecular weight excluding hydrogens is 351 g/mol. The van der Waals surface area contributed by atoms with Crippen molar-refractivity contribution in [3.63, 3.8) is 0 Å². The Bertz CT molecular complexity index is 312. The zero-order valence-electron chi connectivity index (χ0n) is 8.43. The van der Waals surface area contributed by atoms with Crippen LogP contribution in [0.5, 0.6) is 0 Å². The van der Waals surface area contributed by atoms with E-state index in [0.717, 1.165) is 5.33 Å². The van der Waals surface area contributed by atoms with Crippen LogP contribution in [-0.4, -0.2) is 5.33 Å². The lowest BCUT2D eigenvalue weighted by atomic mass is 10.0. The van der Waals surface area contributed by atoms with Gasteiger partial charge in [-0.3, -0.25) is 0 Å². The number of halogens is 2. The predicted octanol–water partition coefficient (Wildman–Crippen LogP) is 4.98. The molecule has 2 heteroatoms. The van der Waals surface area contributed by atoms with E-state index in [1.165, 1.54) is 14.7 Å². The van der Waals surface area contributed by atoms with Gasteiger partial charge in [0.25, 0.3) is 0 Å². The van der Waals surface area contributed by atoms with Crippen LogP contribution in [-0.2, 0) is 0 Å². The van der Waals surface area contributed by atoms with Crippen molar-refractivity contribution < 1.29 is 0 Å². The molecular formula is C12H14BrI. The fraction of sp³-hybridized carbons (Fsp3) is 0.333. The Morgan fingerprint density at radius 3 is 2.36 bits per heavy atom. The number of benzene rings is 1. The molecule has 0 aliphatic carbocycles. The van der Waals surface area contributed by atoms with Crippen LogP contribution in [0, 0.1) is 0 Å². The van der Waals surface area contributed by atoms with Crippen LogP contribution in [0.2, 0.25) is 0 Å². The molecule has 0 atom stereocenters. The highest BCUT2D eigenvalue weighted by Crippen LogP contribution is 2.24. The van der Waals surface area contributed by atoms with Gasteiger partial charge in [-0.05, 0) is 39.6 Å². The Kier molecular flexibility index (Phi) is 5.17. The lowest BCUT2D eigenvalue weighted by molar-refractivity contribution is 0.866. The third-order valence-corrected chi connectivity index (χ3v) is 3.50. The molecule has 0 aromatic heterocycles. The normalized spacial score (nSPS) is 12.2. The molecule has 1 rings (SSSR count). The average molecular weight is 365 g/mol. The SMILES string of the molecule is CC(C)c1ccc(/C(I)=C/CBr)cc1. The van der Waals surface area contributed by atoms with Gasteiger partial charge in [-0.2, -0.15) is 0 Å². The minimum atomic E-state index is 0.613. The Morgan fingerprint density at radius 2 is 1.93 bits per heavy atom. The van der Waals surface area contributed by atoms with E-state index in [-0.39, 0.29) is 0 Å². The number of alkyl halides is 1. The highest BCUT2D eigenvalue weighted by molar-refractivity contribution is 14.1. The molecule has 0 aliphatic heterocycles. The molecule has 76 valence electrons. The number of allylic oxidation sites excluding steroid dienone is 1. The summed E-state index contributed by atoms with van der Waals surface area (Å²) in [7, 11) is 0. The van der Waals surface area contributed by atoms with E-state index in [4.69, 9.17) is 0 Å². The highest BCUT2D eigenvalue weighted by atomic mass is 127. The van der Waals surface area contributed by atoms with Crippen LogP contribution in [0.25, 0.3) is 3.58 Å². The standard InChI is InChI=1S/C12H14BrI/c1-9(2)10-3-5-11(6-4-10)12(14)7-8-13/h3-7,9H,8H2,1-2H3/b12-7-. The van der Waals surface area contributed by atoms with Gasteiger partial charge in [-0.1, -0.05) is 60.1 Å². The number of rotatable bonds is 3. The summed E-state index contributed by atoms with van der Waals surface area (Å²) in [5.41, 5.74) is 2.70. The summed E-state index contributed by atoms with van der Waals surface area (Å²) in [5.74, 6) is 0.613. The first-order valence-corrected chi connectivity index (χ1v) is 6.87. The molecule has 0 saturated carbocycles. The topological polar surface area (TPSA) is 0 Å². The van der Waals surface area contributed by atoms with Crippen molar-refractivity contribution in [1.82, 2.24) is 0 Å². The summed E-state index contributed by atoms with van der Waals surface area (Å²) in [6, 6.07) is 8.80. The minimum Gasteiger partial charge on any atom is -0.0882 e. The van der Waals surface area contributed by atoms with Gasteiger partial charge in [0.05, 0.1) is 0 Å². The fourth-order valence-corrected chi connectivity index (χ4v) is 2.72. The quantitative estimate of drug-likeness (QED) is 0.524. The second kappa shape index (κ2) is 5.91. The molecule has 0 heterocycles. The molecule has 0 aliphatic rings. The van der Waals surface area contributed by atoms with Gasteiger partial charge in [0, 0.05) is 8.91 Å². The third-order valence-electron chi connectivity index (χ3n) is 2.11. The Morgan fingerprint density at radius 1 is 1.36 bits per heavy atom. The molecule has 0 spiro atoms. The van der Waals surface area contributed by atoms with Gasteiger partial charge in [0.15, 0.2) is 0 Å². The predicted molar refractivity (Wildman–Crippen MR) is 76.3 cm³/mol. The maximum Gasteiger partial charge on any atom is 0.0225 e. The molecule has 0 bridgehead atoms. The lowest BCUT2D eigenvalue weighted by Crippen LogP contribution is -1.87. The third kappa shape index (κ3) is 3.39. The zero-order chi connectivity index (χ0) is 10.6. The zero-order valence-corrected chi connectivity index (χ0v) is 12.2. The van der Waals surface area contributed by atoms with Crippen LogP contribution in [0.4, 0.5) is 0 Å². The van der Waals surface area contributed by atoms with E-state index < -0.39 is 0 Å². The molecule has 14 heavy (non-hydrogen) atoms. The first kappa shape index (κ1) is 12.2. The summed E-state index contributed by atoms with van der Waals surface area (Å²) in [4.78, 5) is 0. The van der Waals surface area contributed by atoms with Gasteiger partial charge < -0.3 is 0 Å². The van der Waals surface area contributed by atoms with E-state index >= 15 is 0 Å². The second-order valence-electron chi connectivity index (χ2n) is 3.48. The fourth-order valence-electron chi connectivity index (χ4n) is 1.21. The average Bonchev–Trinajstić information content (AvgIpc) is 2.18. The second-order valence-corrected chi connectivity index (χ2v) is 5.29. The molecule has 0 saturated heterocycles. The molecule has 1 aromatic carbocycles. The van der Waals surface area contributed by atoms with Crippen LogP contribution < -0.4 is 0 Å². The van der Waals surface area contributed by atoms with E-state index in [1.54, 1.807) is 0 Å². The lowest BCUT2D eigenvalue weighted by Gasteiger charge is -2.06. The summed E-state index contributed by atoms with van der Waals surface area (Å²) in [6.07, 6.45) is 2.17. The van der Waals surface area contributed by atoms with Crippen LogP contribution >= 0.6 is 38.5 Å². The van der Waals surface area contributed by atoms with Gasteiger partial charge in [0.1, 0.15) is 0 Å². The van der Waals surface area contributed by atoms with Crippen molar-refractivity contribution >= 4 is 42.1 Å². The molecule has 1 aromatic rings. The summed E-state index contributed by atoms with van der Waals surface area (Å²) < 4.78 is 1.30. The molecule has 0 unspecified atom stereocenters. The van der Waals surface area contributed by atoms with Crippen LogP contribution in [0.1, 0.15) is 30.9 Å². The number of hydrogen-bond acceptors (Lipinski definition) is 0. The van der Waals surface area contributed by atoms with Crippen molar-refractivity contribution in [1.29, 1.82) is 0 Å². The van der Waals surface area contributed by atoms with Gasteiger partial charge in [0.2, 0.25) is 0 Å². The van der Waals surface area contributed by atoms with Gasteiger partial charge in [-0.15, -0.1) is 0 Å². The largest absolute Gasteiger partial charge is 0.0882 e. The Hall–Kier alpha value is 0.170. The maximum atomic E-state index is 3.40. The van der Waals surface area contributed by atoms with Crippen molar-refractivity contribution in [2.45, 2.75) is 19.8 Å². The maximum absolute atomic E-state index is 3.40. The van der Waals surface area contributed by atoms with Gasteiger partial charge in [-0.25, -0.2) is 0 Å². The molecule has 0 radical (unpaired) electrons. The summed E-state index contributed by atoms with van der Waals surface area (Å²) >= 11 is 5.77. The molecule has 0 N–H and O–H groups in total. The molecule has 0 amide bonds. The Balaban J connectivity index is 2.88. The Labute approximate surface area is 108 Å². The van der Waals surface area contributed by atoms with Crippen LogP contribution in [0.3, 0.4) is 0 Å². The molecule has 0 fully saturated rings. The van der Waals surface area contributed by atoms with Crippen molar-refractivity contribution in [3.8, 4) is 0 Å². The molecule has 0 nitrogen and oxygen atoms in total. The first-order valence-electron chi connectivity index (χ1n) is 4.67. The summed E-state index contributed by atoms with van der Waals surface area (Å²) in [5, 5.41) is 0.914. The van der Waals surface area contributed by atoms with E-state index in [2.05, 4.69) is 82.7 Å². The number of hydrogen-bond donors (Lipinski definition) is 0.